The van der Waals surface area contributed by atoms with Crippen LogP contribution in [0.15, 0.2) is 59.5 Å². The number of likely N-dealkylation sites (N-methyl/N-ethyl adjacent to an activating group) is 1. The van der Waals surface area contributed by atoms with Crippen molar-refractivity contribution >= 4 is 50.9 Å². The van der Waals surface area contributed by atoms with Gasteiger partial charge in [0.2, 0.25) is 0 Å². The summed E-state index contributed by atoms with van der Waals surface area (Å²) in [4.78, 5) is 7.11. The Balaban J connectivity index is 1.40. The summed E-state index contributed by atoms with van der Waals surface area (Å²) in [5, 5.41) is 4.47. The van der Waals surface area contributed by atoms with Gasteiger partial charge in [0, 0.05) is 45.3 Å². The Hall–Kier alpha value is -2.14. The van der Waals surface area contributed by atoms with Gasteiger partial charge in [-0.25, -0.2) is 0 Å². The van der Waals surface area contributed by atoms with E-state index in [9.17, 15) is 0 Å². The number of halogens is 1. The zero-order valence-corrected chi connectivity index (χ0v) is 16.6. The summed E-state index contributed by atoms with van der Waals surface area (Å²) in [6.45, 7) is 2.12. The fourth-order valence-electron chi connectivity index (χ4n) is 3.82. The Morgan fingerprint density at radius 2 is 1.93 bits per heavy atom. The van der Waals surface area contributed by atoms with Gasteiger partial charge in [0.25, 0.3) is 0 Å². The number of hydrogen-bond donors (Lipinski definition) is 2. The average molecular weight is 394 g/mol. The minimum absolute atomic E-state index is 0.769. The summed E-state index contributed by atoms with van der Waals surface area (Å²) < 4.78 is 3.50. The van der Waals surface area contributed by atoms with E-state index in [2.05, 4.69) is 64.1 Å². The highest BCUT2D eigenvalue weighted by Gasteiger charge is 2.18. The molecule has 5 rings (SSSR count). The lowest BCUT2D eigenvalue weighted by Gasteiger charge is -2.22. The number of fused-ring (bicyclic) bond motifs is 4. The summed E-state index contributed by atoms with van der Waals surface area (Å²) in [5.74, 6) is 0. The van der Waals surface area contributed by atoms with Crippen molar-refractivity contribution in [2.75, 3.05) is 18.3 Å². The number of nitrogens with zero attached hydrogens (tertiary/aromatic N) is 1. The molecule has 5 heteroatoms. The van der Waals surface area contributed by atoms with Gasteiger partial charge in [-0.3, -0.25) is 0 Å². The first-order valence-corrected chi connectivity index (χ1v) is 10.3. The second-order valence-corrected chi connectivity index (χ2v) is 8.50. The highest BCUT2D eigenvalue weighted by atomic mass is 35.5. The predicted molar refractivity (Wildman–Crippen MR) is 117 cm³/mol. The molecule has 27 heavy (non-hydrogen) atoms. The molecule has 136 valence electrons. The Morgan fingerprint density at radius 1 is 1.04 bits per heavy atom. The van der Waals surface area contributed by atoms with Gasteiger partial charge < -0.3 is 14.6 Å². The summed E-state index contributed by atoms with van der Waals surface area (Å²) in [6, 6.07) is 19.0. The van der Waals surface area contributed by atoms with Crippen LogP contribution < -0.4 is 4.72 Å². The molecule has 3 aromatic carbocycles. The number of H-pyrrole nitrogens is 1. The van der Waals surface area contributed by atoms with Gasteiger partial charge in [0.15, 0.2) is 0 Å². The van der Waals surface area contributed by atoms with E-state index in [0.717, 1.165) is 35.6 Å². The molecule has 3 nitrogen and oxygen atoms in total. The van der Waals surface area contributed by atoms with E-state index in [1.807, 2.05) is 12.1 Å². The molecule has 1 aliphatic rings. The van der Waals surface area contributed by atoms with Crippen molar-refractivity contribution in [3.8, 4) is 0 Å². The summed E-state index contributed by atoms with van der Waals surface area (Å²) >= 11 is 7.76. The first kappa shape index (κ1) is 17.0. The number of benzene rings is 3. The summed E-state index contributed by atoms with van der Waals surface area (Å²) in [7, 11) is 2.18. The number of aromatic amines is 1. The van der Waals surface area contributed by atoms with Crippen molar-refractivity contribution in [2.24, 2.45) is 0 Å². The van der Waals surface area contributed by atoms with Gasteiger partial charge in [0.1, 0.15) is 0 Å². The molecule has 1 aliphatic heterocycles. The Morgan fingerprint density at radius 3 is 2.85 bits per heavy atom. The predicted octanol–water partition coefficient (Wildman–Crippen LogP) is 6.08. The topological polar surface area (TPSA) is 31.1 Å². The molecule has 2 N–H and O–H groups in total. The normalized spacial score (nSPS) is 14.6. The maximum atomic E-state index is 6.13. The van der Waals surface area contributed by atoms with Crippen LogP contribution in [0.4, 0.5) is 5.69 Å². The molecule has 0 spiro atoms. The van der Waals surface area contributed by atoms with Crippen LogP contribution in [0, 0.1) is 0 Å². The number of aromatic nitrogens is 1. The van der Waals surface area contributed by atoms with E-state index in [1.54, 1.807) is 11.9 Å². The SMILES string of the molecule is CN1CCc2c([nH]c3ccc(NSc4ccc5ccc(Cl)cc5c4)cc23)C1. The smallest absolute Gasteiger partial charge is 0.0460 e. The largest absolute Gasteiger partial charge is 0.357 e. The van der Waals surface area contributed by atoms with Gasteiger partial charge in [-0.1, -0.05) is 23.7 Å². The summed E-state index contributed by atoms with van der Waals surface area (Å²) in [5.41, 5.74) is 5.18. The first-order valence-electron chi connectivity index (χ1n) is 9.10. The van der Waals surface area contributed by atoms with Crippen LogP contribution in [-0.4, -0.2) is 23.5 Å². The molecule has 4 aromatic rings. The lowest BCUT2D eigenvalue weighted by atomic mass is 10.0. The average Bonchev–Trinajstić information content (AvgIpc) is 3.02. The Labute approximate surface area is 167 Å². The highest BCUT2D eigenvalue weighted by molar-refractivity contribution is 8.00. The number of nitrogens with one attached hydrogen (secondary N) is 2. The third-order valence-corrected chi connectivity index (χ3v) is 6.29. The second-order valence-electron chi connectivity index (χ2n) is 7.19. The standard InChI is InChI=1S/C22H20ClN3S/c1-26-9-8-19-20-12-17(5-7-21(20)24-22(19)13-26)25-27-18-6-3-14-2-4-16(23)10-15(14)11-18/h2-7,10-12,24-25H,8-9,13H2,1H3. The molecule has 0 unspecified atom stereocenters. The van der Waals surface area contributed by atoms with Crippen molar-refractivity contribution in [3.63, 3.8) is 0 Å². The number of hydrogen-bond acceptors (Lipinski definition) is 3. The van der Waals surface area contributed by atoms with Gasteiger partial charge in [-0.2, -0.15) is 0 Å². The lowest BCUT2D eigenvalue weighted by Crippen LogP contribution is -2.26. The monoisotopic (exact) mass is 393 g/mol. The number of rotatable bonds is 3. The van der Waals surface area contributed by atoms with Crippen molar-refractivity contribution in [1.82, 2.24) is 9.88 Å². The van der Waals surface area contributed by atoms with Gasteiger partial charge in [-0.05, 0) is 84.2 Å². The molecule has 1 aromatic heterocycles. The van der Waals surface area contributed by atoms with Crippen molar-refractivity contribution in [2.45, 2.75) is 17.9 Å². The molecular weight excluding hydrogens is 374 g/mol. The maximum absolute atomic E-state index is 6.13. The zero-order valence-electron chi connectivity index (χ0n) is 15.1. The van der Waals surface area contributed by atoms with Crippen LogP contribution in [0.5, 0.6) is 0 Å². The van der Waals surface area contributed by atoms with Crippen molar-refractivity contribution in [1.29, 1.82) is 0 Å². The summed E-state index contributed by atoms with van der Waals surface area (Å²) in [6.07, 6.45) is 1.11. The van der Waals surface area contributed by atoms with E-state index in [4.69, 9.17) is 11.6 Å². The quantitative estimate of drug-likeness (QED) is 0.413. The van der Waals surface area contributed by atoms with Crippen LogP contribution in [0.1, 0.15) is 11.3 Å². The number of anilines is 1. The molecule has 0 fully saturated rings. The van der Waals surface area contributed by atoms with Crippen LogP contribution in [0.25, 0.3) is 21.7 Å². The molecule has 0 atom stereocenters. The van der Waals surface area contributed by atoms with E-state index in [0.29, 0.717) is 0 Å². The molecular formula is C22H20ClN3S. The van der Waals surface area contributed by atoms with Crippen LogP contribution in [-0.2, 0) is 13.0 Å². The zero-order chi connectivity index (χ0) is 18.4. The van der Waals surface area contributed by atoms with Gasteiger partial charge >= 0.3 is 0 Å². The van der Waals surface area contributed by atoms with E-state index in [1.165, 1.54) is 32.4 Å². The fourth-order valence-corrected chi connectivity index (χ4v) is 4.68. The van der Waals surface area contributed by atoms with E-state index < -0.39 is 0 Å². The Bertz CT molecular complexity index is 1150. The van der Waals surface area contributed by atoms with Crippen molar-refractivity contribution < 1.29 is 0 Å². The fraction of sp³-hybridized carbons (Fsp3) is 0.182. The molecule has 2 heterocycles. The van der Waals surface area contributed by atoms with E-state index >= 15 is 0 Å². The molecule has 0 aliphatic carbocycles. The molecule has 0 bridgehead atoms. The third kappa shape index (κ3) is 3.29. The van der Waals surface area contributed by atoms with Gasteiger partial charge in [-0.15, -0.1) is 0 Å². The highest BCUT2D eigenvalue weighted by Crippen LogP contribution is 2.31. The first-order chi connectivity index (χ1) is 13.2. The molecule has 0 saturated heterocycles. The molecule has 0 radical (unpaired) electrons. The Kier molecular flexibility index (Phi) is 4.27. The second kappa shape index (κ2) is 6.79. The van der Waals surface area contributed by atoms with Crippen LogP contribution in [0.3, 0.4) is 0 Å². The third-order valence-electron chi connectivity index (χ3n) is 5.23. The lowest BCUT2D eigenvalue weighted by molar-refractivity contribution is 0.310. The van der Waals surface area contributed by atoms with Crippen molar-refractivity contribution in [3.05, 3.63) is 70.9 Å². The molecule has 0 saturated carbocycles. The minimum Gasteiger partial charge on any atom is -0.357 e. The van der Waals surface area contributed by atoms with Gasteiger partial charge in [0.05, 0.1) is 0 Å². The van der Waals surface area contributed by atoms with Crippen LogP contribution in [0.2, 0.25) is 5.02 Å². The molecule has 0 amide bonds. The minimum atomic E-state index is 0.769. The van der Waals surface area contributed by atoms with Crippen LogP contribution >= 0.6 is 23.5 Å². The maximum Gasteiger partial charge on any atom is 0.0460 e. The van der Waals surface area contributed by atoms with E-state index in [-0.39, 0.29) is 0 Å².